The molecule has 0 atom stereocenters. The van der Waals surface area contributed by atoms with Crippen LogP contribution in [-0.2, 0) is 11.3 Å². The van der Waals surface area contributed by atoms with Gasteiger partial charge in [0.15, 0.2) is 0 Å². The third kappa shape index (κ3) is 3.21. The fraction of sp³-hybridized carbons (Fsp3) is 0.429. The first-order chi connectivity index (χ1) is 10.2. The number of nitrogens with zero attached hydrogens (tertiary/aromatic N) is 2. The lowest BCUT2D eigenvalue weighted by Gasteiger charge is -2.26. The van der Waals surface area contributed by atoms with Crippen LogP contribution in [0.15, 0.2) is 33.6 Å². The molecule has 7 nitrogen and oxygen atoms in total. The van der Waals surface area contributed by atoms with Gasteiger partial charge in [0.2, 0.25) is 5.69 Å². The molecule has 0 radical (unpaired) electrons. The Morgan fingerprint density at radius 3 is 2.71 bits per heavy atom. The molecule has 1 aliphatic heterocycles. The van der Waals surface area contributed by atoms with Gasteiger partial charge in [-0.1, -0.05) is 17.7 Å². The minimum atomic E-state index is -0.365. The molecule has 1 saturated heterocycles. The number of ether oxygens (including phenoxy) is 1. The number of rotatable bonds is 4. The molecule has 0 amide bonds. The first-order valence-electron chi connectivity index (χ1n) is 7.00. The summed E-state index contributed by atoms with van der Waals surface area (Å²) in [4.78, 5) is 11.9. The van der Waals surface area contributed by atoms with Crippen LogP contribution in [0.3, 0.4) is 0 Å². The molecule has 0 spiro atoms. The van der Waals surface area contributed by atoms with Gasteiger partial charge in [-0.15, -0.1) is 0 Å². The summed E-state index contributed by atoms with van der Waals surface area (Å²) in [5.41, 5.74) is 5.44. The van der Waals surface area contributed by atoms with Crippen LogP contribution in [0.2, 0.25) is 0 Å². The van der Waals surface area contributed by atoms with Gasteiger partial charge in [-0.3, -0.25) is 4.52 Å². The summed E-state index contributed by atoms with van der Waals surface area (Å²) in [5, 5.41) is 4.69. The number of nitrogens with one attached hydrogen (secondary N) is 2. The molecular formula is C14H19N4O3+. The number of aromatic nitrogens is 2. The maximum atomic E-state index is 11.9. The summed E-state index contributed by atoms with van der Waals surface area (Å²) in [6.45, 7) is 5.44. The number of benzene rings is 1. The van der Waals surface area contributed by atoms with Crippen molar-refractivity contribution in [3.05, 3.63) is 45.9 Å². The van der Waals surface area contributed by atoms with E-state index >= 15 is 0 Å². The minimum Gasteiger partial charge on any atom is -0.379 e. The van der Waals surface area contributed by atoms with Crippen LogP contribution in [0.25, 0.3) is 5.69 Å². The first kappa shape index (κ1) is 14.0. The molecule has 0 saturated carbocycles. The van der Waals surface area contributed by atoms with E-state index in [0.717, 1.165) is 24.3 Å². The Morgan fingerprint density at radius 2 is 2.00 bits per heavy atom. The van der Waals surface area contributed by atoms with Gasteiger partial charge in [0.1, 0.15) is 6.54 Å². The lowest BCUT2D eigenvalue weighted by Crippen LogP contribution is -2.48. The van der Waals surface area contributed by atoms with Crippen LogP contribution >= 0.6 is 0 Å². The Balaban J connectivity index is 1.77. The highest BCUT2D eigenvalue weighted by Gasteiger charge is 2.24. The van der Waals surface area contributed by atoms with Crippen LogP contribution < -0.4 is 15.7 Å². The normalized spacial score (nSPS) is 16.2. The molecule has 2 N–H and O–H groups in total. The number of aromatic amines is 1. The molecule has 1 aromatic carbocycles. The Kier molecular flexibility index (Phi) is 4.14. The van der Waals surface area contributed by atoms with Crippen LogP contribution in [0.5, 0.6) is 0 Å². The lowest BCUT2D eigenvalue weighted by atomic mass is 10.2. The van der Waals surface area contributed by atoms with Crippen LogP contribution in [0.1, 0.15) is 11.3 Å². The van der Waals surface area contributed by atoms with Crippen molar-refractivity contribution in [2.45, 2.75) is 13.5 Å². The number of H-pyrrole nitrogens is 1. The highest BCUT2D eigenvalue weighted by Crippen LogP contribution is 2.03. The molecular weight excluding hydrogens is 272 g/mol. The molecule has 0 aliphatic carbocycles. The van der Waals surface area contributed by atoms with Crippen LogP contribution in [0.4, 0.5) is 0 Å². The summed E-state index contributed by atoms with van der Waals surface area (Å²) < 4.78 is 11.9. The molecule has 2 aromatic rings. The van der Waals surface area contributed by atoms with E-state index in [-0.39, 0.29) is 5.63 Å². The highest BCUT2D eigenvalue weighted by atomic mass is 16.5. The van der Waals surface area contributed by atoms with Crippen molar-refractivity contribution in [2.24, 2.45) is 0 Å². The maximum absolute atomic E-state index is 11.9. The Labute approximate surface area is 122 Å². The van der Waals surface area contributed by atoms with Crippen molar-refractivity contribution in [3.63, 3.8) is 0 Å². The average Bonchev–Trinajstić information content (AvgIpc) is 2.88. The van der Waals surface area contributed by atoms with E-state index in [1.165, 1.54) is 0 Å². The van der Waals surface area contributed by atoms with Gasteiger partial charge in [0, 0.05) is 25.2 Å². The van der Waals surface area contributed by atoms with Crippen molar-refractivity contribution >= 4 is 0 Å². The molecule has 21 heavy (non-hydrogen) atoms. The fourth-order valence-corrected chi connectivity index (χ4v) is 2.25. The number of hydrazine groups is 1. The first-order valence-corrected chi connectivity index (χ1v) is 7.00. The van der Waals surface area contributed by atoms with Gasteiger partial charge in [-0.2, -0.15) is 0 Å². The van der Waals surface area contributed by atoms with Crippen molar-refractivity contribution in [2.75, 3.05) is 26.3 Å². The summed E-state index contributed by atoms with van der Waals surface area (Å²) >= 11 is 0. The highest BCUT2D eigenvalue weighted by molar-refractivity contribution is 5.26. The molecule has 1 aromatic heterocycles. The minimum absolute atomic E-state index is 0.365. The van der Waals surface area contributed by atoms with Crippen molar-refractivity contribution in [1.82, 2.24) is 15.7 Å². The SMILES string of the molecule is Cc1ccc(-[n+]2[nH]oc(=O)c2CNN2CCOCC2)cc1. The van der Waals surface area contributed by atoms with Gasteiger partial charge in [0.05, 0.1) is 13.2 Å². The lowest BCUT2D eigenvalue weighted by molar-refractivity contribution is -0.677. The van der Waals surface area contributed by atoms with E-state index in [0.29, 0.717) is 25.5 Å². The van der Waals surface area contributed by atoms with Crippen LogP contribution in [0, 0.1) is 6.92 Å². The summed E-state index contributed by atoms with van der Waals surface area (Å²) in [6, 6.07) is 7.87. The topological polar surface area (TPSA) is 74.4 Å². The zero-order chi connectivity index (χ0) is 14.7. The predicted octanol–water partition coefficient (Wildman–Crippen LogP) is -0.110. The smallest absolute Gasteiger partial charge is 0.379 e. The van der Waals surface area contributed by atoms with E-state index in [2.05, 4.69) is 15.7 Å². The van der Waals surface area contributed by atoms with E-state index in [9.17, 15) is 4.79 Å². The van der Waals surface area contributed by atoms with E-state index < -0.39 is 0 Å². The summed E-state index contributed by atoms with van der Waals surface area (Å²) in [6.07, 6.45) is 0. The van der Waals surface area contributed by atoms with Crippen LogP contribution in [-0.4, -0.2) is 36.6 Å². The van der Waals surface area contributed by atoms with Gasteiger partial charge < -0.3 is 4.74 Å². The van der Waals surface area contributed by atoms with Gasteiger partial charge in [0.25, 0.3) is 0 Å². The number of aryl methyl sites for hydroxylation is 1. The Morgan fingerprint density at radius 1 is 1.29 bits per heavy atom. The Bertz CT molecular complexity index is 641. The van der Waals surface area contributed by atoms with Crippen molar-refractivity contribution < 1.29 is 13.9 Å². The van der Waals surface area contributed by atoms with E-state index in [1.807, 2.05) is 31.2 Å². The molecule has 0 unspecified atom stereocenters. The average molecular weight is 291 g/mol. The zero-order valence-electron chi connectivity index (χ0n) is 12.0. The molecule has 1 aliphatic rings. The third-order valence-corrected chi connectivity index (χ3v) is 3.51. The predicted molar refractivity (Wildman–Crippen MR) is 74.8 cm³/mol. The van der Waals surface area contributed by atoms with Gasteiger partial charge in [-0.25, -0.2) is 15.2 Å². The van der Waals surface area contributed by atoms with Crippen molar-refractivity contribution in [1.29, 1.82) is 0 Å². The largest absolute Gasteiger partial charge is 0.431 e. The molecule has 7 heteroatoms. The van der Waals surface area contributed by atoms with Gasteiger partial charge >= 0.3 is 11.3 Å². The third-order valence-electron chi connectivity index (χ3n) is 3.51. The van der Waals surface area contributed by atoms with Crippen molar-refractivity contribution in [3.8, 4) is 5.69 Å². The second-order valence-electron chi connectivity index (χ2n) is 5.03. The molecule has 112 valence electrons. The maximum Gasteiger partial charge on any atom is 0.431 e. The molecule has 2 heterocycles. The molecule has 1 fully saturated rings. The molecule has 0 bridgehead atoms. The number of hydrogen-bond donors (Lipinski definition) is 2. The Hall–Kier alpha value is -1.96. The van der Waals surface area contributed by atoms with E-state index in [4.69, 9.17) is 9.26 Å². The second-order valence-corrected chi connectivity index (χ2v) is 5.03. The standard InChI is InChI=1S/C14H18N4O3/c1-11-2-4-12(5-3-11)18-13(14(19)21-16-18)10-15-17-6-8-20-9-7-17/h2-5,15H,6-10H2,1H3/p+1. The fourth-order valence-electron chi connectivity index (χ4n) is 2.25. The second kappa shape index (κ2) is 6.21. The summed E-state index contributed by atoms with van der Waals surface area (Å²) in [5.74, 6) is 0. The monoisotopic (exact) mass is 291 g/mol. The van der Waals surface area contributed by atoms with E-state index in [1.54, 1.807) is 4.68 Å². The molecule has 3 rings (SSSR count). The van der Waals surface area contributed by atoms with Gasteiger partial charge in [-0.05, 0) is 16.9 Å². The summed E-state index contributed by atoms with van der Waals surface area (Å²) in [7, 11) is 0. The number of hydrogen-bond acceptors (Lipinski definition) is 5. The quantitative estimate of drug-likeness (QED) is 0.769. The number of morpholine rings is 1. The zero-order valence-corrected chi connectivity index (χ0v) is 12.0.